The van der Waals surface area contributed by atoms with Crippen molar-refractivity contribution >= 4 is 0 Å². The number of benzene rings is 2. The van der Waals surface area contributed by atoms with Crippen LogP contribution in [0.15, 0.2) is 42.5 Å². The van der Waals surface area contributed by atoms with Crippen molar-refractivity contribution in [3.05, 3.63) is 70.5 Å². The topological polar surface area (TPSA) is 26.0 Å². The van der Waals surface area contributed by atoms with Crippen LogP contribution in [-0.4, -0.2) is 0 Å². The minimum absolute atomic E-state index is 0.0900. The van der Waals surface area contributed by atoms with Gasteiger partial charge in [0.15, 0.2) is 0 Å². The number of hydrogen-bond donors (Lipinski definition) is 1. The summed E-state index contributed by atoms with van der Waals surface area (Å²) in [5, 5.41) is 0. The van der Waals surface area contributed by atoms with Crippen LogP contribution in [0.1, 0.15) is 40.6 Å². The third-order valence-corrected chi connectivity index (χ3v) is 3.99. The molecule has 1 aliphatic rings. The van der Waals surface area contributed by atoms with E-state index < -0.39 is 0 Å². The Kier molecular flexibility index (Phi) is 3.11. The number of hydrogen-bond acceptors (Lipinski definition) is 1. The molecule has 2 N–H and O–H groups in total. The Balaban J connectivity index is 1.74. The standard InChI is InChI=1S/C17H18FN/c1-11-6-14(9-15(18)7-11)17(19)10-13-8-12-4-2-3-5-16(12)13/h2-7,9,13,17H,8,10,19H2,1H3. The van der Waals surface area contributed by atoms with Crippen molar-refractivity contribution in [1.82, 2.24) is 0 Å². The first kappa shape index (κ1) is 12.4. The molecule has 2 heteroatoms. The lowest BCUT2D eigenvalue weighted by Gasteiger charge is -2.32. The number of nitrogens with two attached hydrogens (primary N) is 1. The SMILES string of the molecule is Cc1cc(F)cc(C(N)CC2Cc3ccccc32)c1. The molecular weight excluding hydrogens is 237 g/mol. The van der Waals surface area contributed by atoms with Crippen molar-refractivity contribution in [2.45, 2.75) is 31.7 Å². The molecule has 19 heavy (non-hydrogen) atoms. The summed E-state index contributed by atoms with van der Waals surface area (Å²) in [6, 6.07) is 13.5. The minimum atomic E-state index is -0.195. The average molecular weight is 255 g/mol. The summed E-state index contributed by atoms with van der Waals surface area (Å²) in [6.45, 7) is 1.90. The molecule has 0 amide bonds. The second-order valence-corrected chi connectivity index (χ2v) is 5.50. The Labute approximate surface area is 113 Å². The maximum atomic E-state index is 13.4. The van der Waals surface area contributed by atoms with E-state index in [4.69, 9.17) is 5.73 Å². The Morgan fingerprint density at radius 3 is 2.79 bits per heavy atom. The van der Waals surface area contributed by atoms with Gasteiger partial charge in [-0.05, 0) is 60.1 Å². The van der Waals surface area contributed by atoms with Gasteiger partial charge in [-0.3, -0.25) is 0 Å². The highest BCUT2D eigenvalue weighted by Crippen LogP contribution is 2.40. The Hall–Kier alpha value is -1.67. The fraction of sp³-hybridized carbons (Fsp3) is 0.294. The molecule has 0 saturated heterocycles. The Morgan fingerprint density at radius 1 is 1.26 bits per heavy atom. The van der Waals surface area contributed by atoms with Gasteiger partial charge in [0.1, 0.15) is 5.82 Å². The molecule has 2 atom stereocenters. The Morgan fingerprint density at radius 2 is 2.05 bits per heavy atom. The van der Waals surface area contributed by atoms with Crippen molar-refractivity contribution in [3.8, 4) is 0 Å². The first-order valence-electron chi connectivity index (χ1n) is 6.74. The van der Waals surface area contributed by atoms with Crippen molar-refractivity contribution in [2.75, 3.05) is 0 Å². The molecule has 2 aromatic rings. The van der Waals surface area contributed by atoms with Gasteiger partial charge in [-0.25, -0.2) is 4.39 Å². The van der Waals surface area contributed by atoms with E-state index in [-0.39, 0.29) is 11.9 Å². The van der Waals surface area contributed by atoms with E-state index in [2.05, 4.69) is 24.3 Å². The van der Waals surface area contributed by atoms with Crippen molar-refractivity contribution < 1.29 is 4.39 Å². The predicted octanol–water partition coefficient (Wildman–Crippen LogP) is 3.86. The molecule has 0 radical (unpaired) electrons. The second kappa shape index (κ2) is 4.78. The third-order valence-electron chi connectivity index (χ3n) is 3.99. The number of halogens is 1. The molecule has 0 saturated carbocycles. The number of aryl methyl sites for hydroxylation is 1. The van der Waals surface area contributed by atoms with Crippen LogP contribution in [0.4, 0.5) is 4.39 Å². The highest BCUT2D eigenvalue weighted by molar-refractivity contribution is 5.40. The van der Waals surface area contributed by atoms with Crippen LogP contribution in [0.5, 0.6) is 0 Å². The molecule has 0 bridgehead atoms. The quantitative estimate of drug-likeness (QED) is 0.885. The summed E-state index contributed by atoms with van der Waals surface area (Å²) in [5.74, 6) is 0.328. The van der Waals surface area contributed by atoms with Gasteiger partial charge in [0.25, 0.3) is 0 Å². The largest absolute Gasteiger partial charge is 0.324 e. The zero-order chi connectivity index (χ0) is 13.4. The summed E-state index contributed by atoms with van der Waals surface area (Å²) in [7, 11) is 0. The van der Waals surface area contributed by atoms with E-state index in [1.165, 1.54) is 17.2 Å². The lowest BCUT2D eigenvalue weighted by molar-refractivity contribution is 0.496. The fourth-order valence-electron chi connectivity index (χ4n) is 2.99. The maximum absolute atomic E-state index is 13.4. The van der Waals surface area contributed by atoms with Crippen LogP contribution >= 0.6 is 0 Å². The van der Waals surface area contributed by atoms with Crippen LogP contribution in [0.3, 0.4) is 0 Å². The first-order chi connectivity index (χ1) is 9.13. The molecule has 2 unspecified atom stereocenters. The van der Waals surface area contributed by atoms with Gasteiger partial charge in [-0.15, -0.1) is 0 Å². The summed E-state index contributed by atoms with van der Waals surface area (Å²) in [4.78, 5) is 0. The molecule has 0 spiro atoms. The van der Waals surface area contributed by atoms with E-state index in [9.17, 15) is 4.39 Å². The molecule has 2 aromatic carbocycles. The molecule has 1 nitrogen and oxygen atoms in total. The molecule has 98 valence electrons. The highest BCUT2D eigenvalue weighted by atomic mass is 19.1. The van der Waals surface area contributed by atoms with Gasteiger partial charge < -0.3 is 5.73 Å². The molecular formula is C17H18FN. The van der Waals surface area contributed by atoms with E-state index in [0.717, 1.165) is 24.0 Å². The predicted molar refractivity (Wildman–Crippen MR) is 75.6 cm³/mol. The van der Waals surface area contributed by atoms with Crippen LogP contribution < -0.4 is 5.73 Å². The normalized spacial score (nSPS) is 18.6. The summed E-state index contributed by atoms with van der Waals surface area (Å²) in [5.41, 5.74) is 10.9. The maximum Gasteiger partial charge on any atom is 0.123 e. The lowest BCUT2D eigenvalue weighted by Crippen LogP contribution is -2.22. The highest BCUT2D eigenvalue weighted by Gasteiger charge is 2.27. The van der Waals surface area contributed by atoms with Gasteiger partial charge in [-0.1, -0.05) is 30.3 Å². The van der Waals surface area contributed by atoms with Gasteiger partial charge in [0, 0.05) is 6.04 Å². The molecule has 1 aliphatic carbocycles. The van der Waals surface area contributed by atoms with Gasteiger partial charge in [-0.2, -0.15) is 0 Å². The average Bonchev–Trinajstić information content (AvgIpc) is 2.34. The van der Waals surface area contributed by atoms with E-state index in [0.29, 0.717) is 5.92 Å². The summed E-state index contributed by atoms with van der Waals surface area (Å²) in [6.07, 6.45) is 1.98. The van der Waals surface area contributed by atoms with Gasteiger partial charge in [0.2, 0.25) is 0 Å². The summed E-state index contributed by atoms with van der Waals surface area (Å²) < 4.78 is 13.4. The van der Waals surface area contributed by atoms with Crippen molar-refractivity contribution in [1.29, 1.82) is 0 Å². The van der Waals surface area contributed by atoms with Gasteiger partial charge in [0.05, 0.1) is 0 Å². The van der Waals surface area contributed by atoms with Gasteiger partial charge >= 0.3 is 0 Å². The van der Waals surface area contributed by atoms with E-state index in [1.807, 2.05) is 13.0 Å². The molecule has 0 heterocycles. The van der Waals surface area contributed by atoms with Crippen LogP contribution in [0, 0.1) is 12.7 Å². The molecule has 3 rings (SSSR count). The summed E-state index contributed by atoms with van der Waals surface area (Å²) >= 11 is 0. The monoisotopic (exact) mass is 255 g/mol. The molecule has 0 aliphatic heterocycles. The van der Waals surface area contributed by atoms with Crippen LogP contribution in [-0.2, 0) is 6.42 Å². The number of fused-ring (bicyclic) bond motifs is 1. The van der Waals surface area contributed by atoms with E-state index >= 15 is 0 Å². The third kappa shape index (κ3) is 2.41. The fourth-order valence-corrected chi connectivity index (χ4v) is 2.99. The second-order valence-electron chi connectivity index (χ2n) is 5.50. The van der Waals surface area contributed by atoms with E-state index in [1.54, 1.807) is 6.07 Å². The minimum Gasteiger partial charge on any atom is -0.324 e. The first-order valence-corrected chi connectivity index (χ1v) is 6.74. The molecule has 0 aromatic heterocycles. The van der Waals surface area contributed by atoms with Crippen LogP contribution in [0.25, 0.3) is 0 Å². The zero-order valence-electron chi connectivity index (χ0n) is 11.1. The lowest BCUT2D eigenvalue weighted by atomic mass is 9.74. The van der Waals surface area contributed by atoms with Crippen molar-refractivity contribution in [3.63, 3.8) is 0 Å². The number of rotatable bonds is 3. The van der Waals surface area contributed by atoms with Crippen molar-refractivity contribution in [2.24, 2.45) is 5.73 Å². The zero-order valence-corrected chi connectivity index (χ0v) is 11.1. The van der Waals surface area contributed by atoms with Crippen LogP contribution in [0.2, 0.25) is 0 Å². The Bertz CT molecular complexity index is 586. The smallest absolute Gasteiger partial charge is 0.123 e. The molecule has 0 fully saturated rings.